The van der Waals surface area contributed by atoms with Crippen molar-refractivity contribution < 1.29 is 24.2 Å². The van der Waals surface area contributed by atoms with Crippen molar-refractivity contribution in [3.05, 3.63) is 29.8 Å². The number of benzene rings is 1. The molecule has 24 heavy (non-hydrogen) atoms. The van der Waals surface area contributed by atoms with Crippen molar-refractivity contribution in [2.24, 2.45) is 0 Å². The maximum atomic E-state index is 12.5. The summed E-state index contributed by atoms with van der Waals surface area (Å²) in [6, 6.07) is 7.21. The van der Waals surface area contributed by atoms with Gasteiger partial charge in [0.2, 0.25) is 0 Å². The van der Waals surface area contributed by atoms with Crippen molar-refractivity contribution >= 4 is 12.1 Å². The predicted octanol–water partition coefficient (Wildman–Crippen LogP) is 3.61. The number of amides is 1. The van der Waals surface area contributed by atoms with Crippen molar-refractivity contribution in [2.75, 3.05) is 13.2 Å². The van der Waals surface area contributed by atoms with Gasteiger partial charge in [0.15, 0.2) is 6.61 Å². The van der Waals surface area contributed by atoms with Crippen molar-refractivity contribution in [2.45, 2.75) is 51.7 Å². The van der Waals surface area contributed by atoms with Gasteiger partial charge in [0.25, 0.3) is 0 Å². The molecule has 1 unspecified atom stereocenters. The summed E-state index contributed by atoms with van der Waals surface area (Å²) in [6.07, 6.45) is 2.61. The molecule has 0 spiro atoms. The highest BCUT2D eigenvalue weighted by atomic mass is 16.6. The van der Waals surface area contributed by atoms with E-state index in [-0.39, 0.29) is 18.7 Å². The van der Waals surface area contributed by atoms with E-state index in [4.69, 9.17) is 14.6 Å². The Balaban J connectivity index is 2.09. The average molecular weight is 335 g/mol. The molecule has 132 valence electrons. The van der Waals surface area contributed by atoms with Crippen LogP contribution in [0, 0.1) is 0 Å². The summed E-state index contributed by atoms with van der Waals surface area (Å²) in [5, 5.41) is 8.64. The number of rotatable bonds is 4. The van der Waals surface area contributed by atoms with Crippen LogP contribution in [-0.4, -0.2) is 40.8 Å². The van der Waals surface area contributed by atoms with Gasteiger partial charge in [-0.2, -0.15) is 0 Å². The SMILES string of the molecule is CC(C)(C)OC(=O)N1CCCCC1c1ccc(OCC(=O)O)cc1. The van der Waals surface area contributed by atoms with E-state index < -0.39 is 11.6 Å². The number of hydrogen-bond acceptors (Lipinski definition) is 4. The van der Waals surface area contributed by atoms with E-state index in [1.165, 1.54) is 0 Å². The molecule has 1 atom stereocenters. The molecule has 1 amide bonds. The van der Waals surface area contributed by atoms with Crippen molar-refractivity contribution in [3.8, 4) is 5.75 Å². The fourth-order valence-corrected chi connectivity index (χ4v) is 2.75. The standard InChI is InChI=1S/C18H25NO5/c1-18(2,3)24-17(22)19-11-5-4-6-15(19)13-7-9-14(10-8-13)23-12-16(20)21/h7-10,15H,4-6,11-12H2,1-3H3,(H,20,21). The highest BCUT2D eigenvalue weighted by Crippen LogP contribution is 2.33. The molecule has 1 heterocycles. The zero-order valence-electron chi connectivity index (χ0n) is 14.4. The molecule has 0 aromatic heterocycles. The monoisotopic (exact) mass is 335 g/mol. The average Bonchev–Trinajstić information content (AvgIpc) is 2.52. The minimum Gasteiger partial charge on any atom is -0.482 e. The number of carboxylic acid groups (broad SMARTS) is 1. The van der Waals surface area contributed by atoms with Gasteiger partial charge in [-0.05, 0) is 57.7 Å². The molecular formula is C18H25NO5. The number of carbonyl (C=O) groups excluding carboxylic acids is 1. The second-order valence-electron chi connectivity index (χ2n) is 6.94. The Hall–Kier alpha value is -2.24. The molecule has 0 radical (unpaired) electrons. The number of likely N-dealkylation sites (tertiary alicyclic amines) is 1. The summed E-state index contributed by atoms with van der Waals surface area (Å²) in [4.78, 5) is 24.8. The number of carboxylic acids is 1. The number of nitrogens with zero attached hydrogens (tertiary/aromatic N) is 1. The van der Waals surface area contributed by atoms with Crippen LogP contribution in [0.25, 0.3) is 0 Å². The number of carbonyl (C=O) groups is 2. The van der Waals surface area contributed by atoms with E-state index in [2.05, 4.69) is 0 Å². The van der Waals surface area contributed by atoms with Gasteiger partial charge in [-0.15, -0.1) is 0 Å². The van der Waals surface area contributed by atoms with Gasteiger partial charge in [0, 0.05) is 6.54 Å². The Labute approximate surface area is 142 Å². The molecule has 1 aromatic carbocycles. The molecule has 1 fully saturated rings. The molecule has 1 aliphatic heterocycles. The molecule has 1 aromatic rings. The van der Waals surface area contributed by atoms with E-state index in [1.807, 2.05) is 32.9 Å². The summed E-state index contributed by atoms with van der Waals surface area (Å²) in [5.41, 5.74) is 0.483. The van der Waals surface area contributed by atoms with Gasteiger partial charge >= 0.3 is 12.1 Å². The lowest BCUT2D eigenvalue weighted by atomic mass is 9.95. The first kappa shape index (κ1) is 18.1. The van der Waals surface area contributed by atoms with Gasteiger partial charge in [0.1, 0.15) is 11.4 Å². The first-order valence-electron chi connectivity index (χ1n) is 8.20. The van der Waals surface area contributed by atoms with Crippen LogP contribution in [0.4, 0.5) is 4.79 Å². The molecule has 0 bridgehead atoms. The van der Waals surface area contributed by atoms with Crippen molar-refractivity contribution in [3.63, 3.8) is 0 Å². The van der Waals surface area contributed by atoms with Crippen LogP contribution in [0.15, 0.2) is 24.3 Å². The third-order valence-corrected chi connectivity index (χ3v) is 3.76. The fraction of sp³-hybridized carbons (Fsp3) is 0.556. The molecule has 0 saturated carbocycles. The Kier molecular flexibility index (Phi) is 5.70. The van der Waals surface area contributed by atoms with Gasteiger partial charge in [0.05, 0.1) is 6.04 Å². The largest absolute Gasteiger partial charge is 0.482 e. The second kappa shape index (κ2) is 7.55. The summed E-state index contributed by atoms with van der Waals surface area (Å²) in [7, 11) is 0. The Morgan fingerprint density at radius 1 is 1.21 bits per heavy atom. The van der Waals surface area contributed by atoms with Gasteiger partial charge < -0.3 is 19.5 Å². The topological polar surface area (TPSA) is 76.1 Å². The number of ether oxygens (including phenoxy) is 2. The van der Waals surface area contributed by atoms with Gasteiger partial charge in [-0.25, -0.2) is 9.59 Å². The number of piperidine rings is 1. The highest BCUT2D eigenvalue weighted by molar-refractivity contribution is 5.69. The normalized spacial score (nSPS) is 18.1. The third kappa shape index (κ3) is 5.15. The van der Waals surface area contributed by atoms with Crippen molar-refractivity contribution in [1.29, 1.82) is 0 Å². The number of hydrogen-bond donors (Lipinski definition) is 1. The van der Waals surface area contributed by atoms with Crippen LogP contribution >= 0.6 is 0 Å². The lowest BCUT2D eigenvalue weighted by Gasteiger charge is -2.37. The van der Waals surface area contributed by atoms with E-state index in [9.17, 15) is 9.59 Å². The van der Waals surface area contributed by atoms with E-state index in [0.29, 0.717) is 12.3 Å². The van der Waals surface area contributed by atoms with Crippen LogP contribution in [0.1, 0.15) is 51.6 Å². The zero-order valence-corrected chi connectivity index (χ0v) is 14.4. The molecule has 6 nitrogen and oxygen atoms in total. The van der Waals surface area contributed by atoms with Gasteiger partial charge in [-0.1, -0.05) is 12.1 Å². The highest BCUT2D eigenvalue weighted by Gasteiger charge is 2.31. The molecule has 1 saturated heterocycles. The molecule has 0 aliphatic carbocycles. The molecule has 6 heteroatoms. The van der Waals surface area contributed by atoms with E-state index in [1.54, 1.807) is 17.0 Å². The number of aliphatic carboxylic acids is 1. The van der Waals surface area contributed by atoms with Gasteiger partial charge in [-0.3, -0.25) is 0 Å². The smallest absolute Gasteiger partial charge is 0.410 e. The summed E-state index contributed by atoms with van der Waals surface area (Å²) >= 11 is 0. The zero-order chi connectivity index (χ0) is 17.7. The Bertz CT molecular complexity index is 576. The van der Waals surface area contributed by atoms with Crippen molar-refractivity contribution in [1.82, 2.24) is 4.90 Å². The lowest BCUT2D eigenvalue weighted by molar-refractivity contribution is -0.139. The summed E-state index contributed by atoms with van der Waals surface area (Å²) in [5.74, 6) is -0.511. The fourth-order valence-electron chi connectivity index (χ4n) is 2.75. The van der Waals surface area contributed by atoms with Crippen LogP contribution in [0.5, 0.6) is 5.75 Å². The first-order valence-corrected chi connectivity index (χ1v) is 8.20. The maximum absolute atomic E-state index is 12.5. The molecular weight excluding hydrogens is 310 g/mol. The molecule has 2 rings (SSSR count). The Morgan fingerprint density at radius 2 is 1.88 bits per heavy atom. The second-order valence-corrected chi connectivity index (χ2v) is 6.94. The Morgan fingerprint density at radius 3 is 2.46 bits per heavy atom. The minimum atomic E-state index is -1.01. The summed E-state index contributed by atoms with van der Waals surface area (Å²) < 4.78 is 10.7. The van der Waals surface area contributed by atoms with E-state index in [0.717, 1.165) is 24.8 Å². The first-order chi connectivity index (χ1) is 11.3. The molecule has 1 N–H and O–H groups in total. The van der Waals surface area contributed by atoms with Crippen LogP contribution < -0.4 is 4.74 Å². The maximum Gasteiger partial charge on any atom is 0.410 e. The van der Waals surface area contributed by atoms with Crippen LogP contribution in [0.3, 0.4) is 0 Å². The van der Waals surface area contributed by atoms with Crippen LogP contribution in [0.2, 0.25) is 0 Å². The van der Waals surface area contributed by atoms with E-state index >= 15 is 0 Å². The predicted molar refractivity (Wildman–Crippen MR) is 89.1 cm³/mol. The summed E-state index contributed by atoms with van der Waals surface area (Å²) in [6.45, 7) is 5.89. The quantitative estimate of drug-likeness (QED) is 0.909. The minimum absolute atomic E-state index is 0.0258. The third-order valence-electron chi connectivity index (χ3n) is 3.76. The van der Waals surface area contributed by atoms with Crippen LogP contribution in [-0.2, 0) is 9.53 Å². The molecule has 1 aliphatic rings. The lowest BCUT2D eigenvalue weighted by Crippen LogP contribution is -2.41.